The van der Waals surface area contributed by atoms with E-state index >= 15 is 0 Å². The first-order valence-electron chi connectivity index (χ1n) is 6.89. The van der Waals surface area contributed by atoms with Gasteiger partial charge in [-0.05, 0) is 32.0 Å². The highest BCUT2D eigenvalue weighted by molar-refractivity contribution is 6.30. The number of hydrogen-bond donors (Lipinski definition) is 2. The molecule has 0 fully saturated rings. The van der Waals surface area contributed by atoms with Gasteiger partial charge in [0.15, 0.2) is 0 Å². The molecule has 0 bridgehead atoms. The molecular weight excluding hydrogens is 306 g/mol. The second kappa shape index (κ2) is 7.70. The van der Waals surface area contributed by atoms with Gasteiger partial charge in [0.05, 0.1) is 13.1 Å². The number of amides is 2. The lowest BCUT2D eigenvalue weighted by Gasteiger charge is -2.15. The van der Waals surface area contributed by atoms with Gasteiger partial charge in [0.2, 0.25) is 0 Å². The summed E-state index contributed by atoms with van der Waals surface area (Å²) in [5.41, 5.74) is 0.677. The molecule has 0 saturated carbocycles. The van der Waals surface area contributed by atoms with E-state index in [1.165, 1.54) is 0 Å². The molecule has 1 unspecified atom stereocenters. The van der Waals surface area contributed by atoms with E-state index in [0.717, 1.165) is 0 Å². The minimum absolute atomic E-state index is 0.182. The molecule has 1 aromatic heterocycles. The van der Waals surface area contributed by atoms with Gasteiger partial charge in [-0.1, -0.05) is 22.8 Å². The molecule has 1 heterocycles. The Morgan fingerprint density at radius 2 is 2.23 bits per heavy atom. The van der Waals surface area contributed by atoms with Crippen LogP contribution in [-0.4, -0.2) is 23.8 Å². The Morgan fingerprint density at radius 3 is 2.91 bits per heavy atom. The second-order valence-corrected chi connectivity index (χ2v) is 5.31. The van der Waals surface area contributed by atoms with Crippen LogP contribution in [0.3, 0.4) is 0 Å². The zero-order valence-corrected chi connectivity index (χ0v) is 13.2. The predicted molar refractivity (Wildman–Crippen MR) is 83.0 cm³/mol. The van der Waals surface area contributed by atoms with Gasteiger partial charge in [0.25, 0.3) is 0 Å². The molecule has 6 nitrogen and oxygen atoms in total. The van der Waals surface area contributed by atoms with E-state index in [2.05, 4.69) is 15.8 Å². The highest BCUT2D eigenvalue weighted by Crippen LogP contribution is 2.18. The van der Waals surface area contributed by atoms with Crippen LogP contribution in [0.1, 0.15) is 18.4 Å². The quantitative estimate of drug-likeness (QED) is 0.857. The van der Waals surface area contributed by atoms with Gasteiger partial charge < -0.3 is 19.9 Å². The van der Waals surface area contributed by atoms with Crippen LogP contribution in [0.2, 0.25) is 5.02 Å². The lowest BCUT2D eigenvalue weighted by molar-refractivity contribution is 0.207. The molecule has 1 aromatic carbocycles. The summed E-state index contributed by atoms with van der Waals surface area (Å²) in [4.78, 5) is 11.7. The number of ether oxygens (including phenoxy) is 1. The average Bonchev–Trinajstić information content (AvgIpc) is 2.89. The molecule has 22 heavy (non-hydrogen) atoms. The first-order valence-corrected chi connectivity index (χ1v) is 7.27. The van der Waals surface area contributed by atoms with Crippen molar-refractivity contribution in [2.75, 3.05) is 6.54 Å². The van der Waals surface area contributed by atoms with E-state index in [-0.39, 0.29) is 12.1 Å². The van der Waals surface area contributed by atoms with Crippen molar-refractivity contribution in [1.82, 2.24) is 15.8 Å². The SMILES string of the molecule is Cc1cc(CNC(=O)NCC(C)Oc2cccc(Cl)c2)no1. The van der Waals surface area contributed by atoms with Crippen molar-refractivity contribution in [3.63, 3.8) is 0 Å². The first-order chi connectivity index (χ1) is 10.5. The number of nitrogens with one attached hydrogen (secondary N) is 2. The van der Waals surface area contributed by atoms with Crippen LogP contribution < -0.4 is 15.4 Å². The summed E-state index contributed by atoms with van der Waals surface area (Å²) in [6.45, 7) is 4.34. The van der Waals surface area contributed by atoms with Gasteiger partial charge in [-0.25, -0.2) is 4.79 Å². The Labute approximate surface area is 133 Å². The van der Waals surface area contributed by atoms with E-state index < -0.39 is 0 Å². The average molecular weight is 324 g/mol. The molecule has 118 valence electrons. The number of carbonyl (C=O) groups excluding carboxylic acids is 1. The van der Waals surface area contributed by atoms with Crippen LogP contribution in [0.5, 0.6) is 5.75 Å². The largest absolute Gasteiger partial charge is 0.489 e. The molecule has 2 aromatic rings. The number of aryl methyl sites for hydroxylation is 1. The Kier molecular flexibility index (Phi) is 5.66. The second-order valence-electron chi connectivity index (χ2n) is 4.88. The fraction of sp³-hybridized carbons (Fsp3) is 0.333. The molecule has 2 N–H and O–H groups in total. The van der Waals surface area contributed by atoms with Crippen LogP contribution in [0, 0.1) is 6.92 Å². The molecule has 0 aliphatic heterocycles. The smallest absolute Gasteiger partial charge is 0.315 e. The van der Waals surface area contributed by atoms with Gasteiger partial charge in [0.1, 0.15) is 23.3 Å². The Bertz CT molecular complexity index is 630. The van der Waals surface area contributed by atoms with Crippen molar-refractivity contribution in [3.8, 4) is 5.75 Å². The Morgan fingerprint density at radius 1 is 1.41 bits per heavy atom. The van der Waals surface area contributed by atoms with Gasteiger partial charge >= 0.3 is 6.03 Å². The molecule has 0 aliphatic carbocycles. The minimum atomic E-state index is -0.290. The van der Waals surface area contributed by atoms with Gasteiger partial charge in [-0.3, -0.25) is 0 Å². The van der Waals surface area contributed by atoms with E-state index in [1.54, 1.807) is 25.1 Å². The van der Waals surface area contributed by atoms with Crippen molar-refractivity contribution < 1.29 is 14.1 Å². The number of nitrogens with zero attached hydrogens (tertiary/aromatic N) is 1. The molecule has 1 atom stereocenters. The lowest BCUT2D eigenvalue weighted by atomic mass is 10.3. The maximum atomic E-state index is 11.7. The van der Waals surface area contributed by atoms with Crippen molar-refractivity contribution >= 4 is 17.6 Å². The summed E-state index contributed by atoms with van der Waals surface area (Å²) in [5.74, 6) is 1.38. The van der Waals surface area contributed by atoms with E-state index in [0.29, 0.717) is 35.3 Å². The van der Waals surface area contributed by atoms with Crippen LogP contribution in [-0.2, 0) is 6.54 Å². The maximum absolute atomic E-state index is 11.7. The van der Waals surface area contributed by atoms with Crippen molar-refractivity contribution in [1.29, 1.82) is 0 Å². The fourth-order valence-corrected chi connectivity index (χ4v) is 1.97. The number of halogens is 1. The van der Waals surface area contributed by atoms with Gasteiger partial charge in [-0.15, -0.1) is 0 Å². The lowest BCUT2D eigenvalue weighted by Crippen LogP contribution is -2.40. The zero-order valence-electron chi connectivity index (χ0n) is 12.4. The molecule has 2 amide bonds. The van der Waals surface area contributed by atoms with E-state index in [9.17, 15) is 4.79 Å². The summed E-state index contributed by atoms with van der Waals surface area (Å²) in [7, 11) is 0. The number of benzene rings is 1. The first kappa shape index (κ1) is 16.2. The van der Waals surface area contributed by atoms with Crippen LogP contribution in [0.25, 0.3) is 0 Å². The topological polar surface area (TPSA) is 76.4 Å². The normalized spacial score (nSPS) is 11.8. The maximum Gasteiger partial charge on any atom is 0.315 e. The van der Waals surface area contributed by atoms with Crippen molar-refractivity contribution in [2.24, 2.45) is 0 Å². The minimum Gasteiger partial charge on any atom is -0.489 e. The van der Waals surface area contributed by atoms with Gasteiger partial charge in [0, 0.05) is 11.1 Å². The van der Waals surface area contributed by atoms with Crippen LogP contribution in [0.15, 0.2) is 34.9 Å². The predicted octanol–water partition coefficient (Wildman–Crippen LogP) is 2.90. The number of urea groups is 1. The third kappa shape index (κ3) is 5.29. The molecule has 0 spiro atoms. The van der Waals surface area contributed by atoms with E-state index in [4.69, 9.17) is 20.9 Å². The zero-order chi connectivity index (χ0) is 15.9. The van der Waals surface area contributed by atoms with E-state index in [1.807, 2.05) is 19.1 Å². The van der Waals surface area contributed by atoms with Crippen LogP contribution in [0.4, 0.5) is 4.79 Å². The molecule has 2 rings (SSSR count). The standard InChI is InChI=1S/C15H18ClN3O3/c1-10-6-13(19-22-10)9-18-15(20)17-8-11(2)21-14-5-3-4-12(16)7-14/h3-7,11H,8-9H2,1-2H3,(H2,17,18,20). The Balaban J connectivity index is 1.69. The van der Waals surface area contributed by atoms with Crippen molar-refractivity contribution in [2.45, 2.75) is 26.5 Å². The third-order valence-corrected chi connectivity index (χ3v) is 3.03. The van der Waals surface area contributed by atoms with Crippen LogP contribution >= 0.6 is 11.6 Å². The number of hydrogen-bond acceptors (Lipinski definition) is 4. The number of aromatic nitrogens is 1. The molecule has 0 saturated heterocycles. The fourth-order valence-electron chi connectivity index (χ4n) is 1.79. The highest BCUT2D eigenvalue weighted by atomic mass is 35.5. The highest BCUT2D eigenvalue weighted by Gasteiger charge is 2.08. The van der Waals surface area contributed by atoms with Gasteiger partial charge in [-0.2, -0.15) is 0 Å². The molecular formula is C15H18ClN3O3. The molecule has 7 heteroatoms. The summed E-state index contributed by atoms with van der Waals surface area (Å²) < 4.78 is 10.6. The monoisotopic (exact) mass is 323 g/mol. The molecule has 0 aliphatic rings. The summed E-state index contributed by atoms with van der Waals surface area (Å²) in [6, 6.07) is 8.61. The van der Waals surface area contributed by atoms with Crippen molar-refractivity contribution in [3.05, 3.63) is 46.8 Å². The molecule has 0 radical (unpaired) electrons. The summed E-state index contributed by atoms with van der Waals surface area (Å²) >= 11 is 5.88. The number of carbonyl (C=O) groups is 1. The summed E-state index contributed by atoms with van der Waals surface area (Å²) in [5, 5.41) is 9.82. The Hall–Kier alpha value is -2.21. The number of rotatable bonds is 6. The third-order valence-electron chi connectivity index (χ3n) is 2.79. The summed E-state index contributed by atoms with van der Waals surface area (Å²) in [6.07, 6.45) is -0.182.